The number of piperazine rings is 1. The van der Waals surface area contributed by atoms with Crippen LogP contribution in [0.4, 0.5) is 0 Å². The molecule has 5 heteroatoms. The molecule has 1 atom stereocenters. The minimum Gasteiger partial charge on any atom is -0.296 e. The van der Waals surface area contributed by atoms with Gasteiger partial charge in [0, 0.05) is 38.1 Å². The lowest BCUT2D eigenvalue weighted by Gasteiger charge is -2.44. The second kappa shape index (κ2) is 4.97. The lowest BCUT2D eigenvalue weighted by atomic mass is 10.0. The van der Waals surface area contributed by atoms with Crippen LogP contribution >= 0.6 is 0 Å². The van der Waals surface area contributed by atoms with Crippen molar-refractivity contribution in [1.82, 2.24) is 15.1 Å². The van der Waals surface area contributed by atoms with Gasteiger partial charge in [-0.05, 0) is 27.2 Å². The van der Waals surface area contributed by atoms with Gasteiger partial charge in [0.1, 0.15) is 0 Å². The Morgan fingerprint density at radius 2 is 1.72 bits per heavy atom. The third-order valence-corrected chi connectivity index (χ3v) is 3.91. The van der Waals surface area contributed by atoms with E-state index in [1.807, 2.05) is 0 Å². The van der Waals surface area contributed by atoms with E-state index < -0.39 is 0 Å². The van der Waals surface area contributed by atoms with E-state index in [4.69, 9.17) is 0 Å². The number of piperidine rings is 1. The molecule has 18 heavy (non-hydrogen) atoms. The lowest BCUT2D eigenvalue weighted by Crippen LogP contribution is -2.60. The lowest BCUT2D eigenvalue weighted by molar-refractivity contribution is -0.138. The van der Waals surface area contributed by atoms with Gasteiger partial charge in [-0.25, -0.2) is 0 Å². The number of imide groups is 1. The van der Waals surface area contributed by atoms with Crippen LogP contribution in [0.2, 0.25) is 0 Å². The summed E-state index contributed by atoms with van der Waals surface area (Å²) in [4.78, 5) is 27.6. The van der Waals surface area contributed by atoms with E-state index in [0.29, 0.717) is 12.8 Å². The maximum Gasteiger partial charge on any atom is 0.243 e. The van der Waals surface area contributed by atoms with Crippen molar-refractivity contribution in [2.24, 2.45) is 0 Å². The minimum absolute atomic E-state index is 0.107. The van der Waals surface area contributed by atoms with Crippen molar-refractivity contribution in [3.63, 3.8) is 0 Å². The van der Waals surface area contributed by atoms with E-state index in [1.165, 1.54) is 0 Å². The van der Waals surface area contributed by atoms with E-state index in [2.05, 4.69) is 35.9 Å². The van der Waals surface area contributed by atoms with Crippen molar-refractivity contribution in [2.75, 3.05) is 26.2 Å². The molecule has 102 valence electrons. The second-order valence-electron chi connectivity index (χ2n) is 6.16. The van der Waals surface area contributed by atoms with Crippen LogP contribution in [0.5, 0.6) is 0 Å². The first-order valence-corrected chi connectivity index (χ1v) is 6.71. The zero-order valence-corrected chi connectivity index (χ0v) is 11.5. The number of amides is 2. The molecule has 1 N–H and O–H groups in total. The molecule has 0 aliphatic carbocycles. The topological polar surface area (TPSA) is 52.6 Å². The SMILES string of the molecule is CC(C)(C)N1CCN(C2CCC(=O)NC2=O)CC1. The molecule has 0 spiro atoms. The van der Waals surface area contributed by atoms with Gasteiger partial charge >= 0.3 is 0 Å². The molecule has 2 saturated heterocycles. The van der Waals surface area contributed by atoms with Gasteiger partial charge in [-0.15, -0.1) is 0 Å². The van der Waals surface area contributed by atoms with Crippen molar-refractivity contribution < 1.29 is 9.59 Å². The molecule has 2 heterocycles. The zero-order valence-electron chi connectivity index (χ0n) is 11.5. The molecule has 0 bridgehead atoms. The Kier molecular flexibility index (Phi) is 3.73. The van der Waals surface area contributed by atoms with Gasteiger partial charge in [0.15, 0.2) is 0 Å². The largest absolute Gasteiger partial charge is 0.296 e. The zero-order chi connectivity index (χ0) is 13.3. The minimum atomic E-state index is -0.135. The second-order valence-corrected chi connectivity index (χ2v) is 6.16. The van der Waals surface area contributed by atoms with Gasteiger partial charge in [0.05, 0.1) is 6.04 Å². The Morgan fingerprint density at radius 1 is 1.11 bits per heavy atom. The fourth-order valence-corrected chi connectivity index (χ4v) is 2.73. The van der Waals surface area contributed by atoms with Gasteiger partial charge in [0.2, 0.25) is 11.8 Å². The summed E-state index contributed by atoms with van der Waals surface area (Å²) in [6.45, 7) is 10.4. The monoisotopic (exact) mass is 253 g/mol. The predicted molar refractivity (Wildman–Crippen MR) is 69.1 cm³/mol. The number of nitrogens with one attached hydrogen (secondary N) is 1. The van der Waals surface area contributed by atoms with Crippen LogP contribution in [0.1, 0.15) is 33.6 Å². The number of carbonyl (C=O) groups excluding carboxylic acids is 2. The molecule has 0 aromatic carbocycles. The number of nitrogens with zero attached hydrogens (tertiary/aromatic N) is 2. The summed E-state index contributed by atoms with van der Waals surface area (Å²) in [6, 6.07) is -0.107. The number of carbonyl (C=O) groups is 2. The van der Waals surface area contributed by atoms with Crippen LogP contribution in [0.15, 0.2) is 0 Å². The molecule has 2 rings (SSSR count). The van der Waals surface area contributed by atoms with Gasteiger partial charge < -0.3 is 0 Å². The first-order valence-electron chi connectivity index (χ1n) is 6.71. The van der Waals surface area contributed by atoms with E-state index in [0.717, 1.165) is 26.2 Å². The molecular formula is C13H23N3O2. The van der Waals surface area contributed by atoms with E-state index in [9.17, 15) is 9.59 Å². The molecular weight excluding hydrogens is 230 g/mol. The van der Waals surface area contributed by atoms with Gasteiger partial charge in [-0.1, -0.05) is 0 Å². The molecule has 0 radical (unpaired) electrons. The summed E-state index contributed by atoms with van der Waals surface area (Å²) in [5.74, 6) is -0.250. The molecule has 2 aliphatic rings. The Balaban J connectivity index is 1.90. The summed E-state index contributed by atoms with van der Waals surface area (Å²) in [7, 11) is 0. The van der Waals surface area contributed by atoms with Crippen molar-refractivity contribution in [3.8, 4) is 0 Å². The summed E-state index contributed by atoms with van der Waals surface area (Å²) in [5, 5.41) is 2.43. The Morgan fingerprint density at radius 3 is 2.22 bits per heavy atom. The fraction of sp³-hybridized carbons (Fsp3) is 0.846. The number of hydrogen-bond donors (Lipinski definition) is 1. The standard InChI is InChI=1S/C13H23N3O2/c1-13(2,3)16-8-6-15(7-9-16)10-4-5-11(17)14-12(10)18/h10H,4-9H2,1-3H3,(H,14,17,18). The molecule has 0 saturated carbocycles. The van der Waals surface area contributed by atoms with E-state index >= 15 is 0 Å². The molecule has 2 fully saturated rings. The molecule has 0 aromatic heterocycles. The quantitative estimate of drug-likeness (QED) is 0.679. The highest BCUT2D eigenvalue weighted by Gasteiger charge is 2.34. The average molecular weight is 253 g/mol. The molecule has 2 aliphatic heterocycles. The van der Waals surface area contributed by atoms with Crippen LogP contribution in [-0.2, 0) is 9.59 Å². The maximum absolute atomic E-state index is 11.8. The fourth-order valence-electron chi connectivity index (χ4n) is 2.73. The van der Waals surface area contributed by atoms with Crippen LogP contribution < -0.4 is 5.32 Å². The van der Waals surface area contributed by atoms with Crippen LogP contribution in [-0.4, -0.2) is 59.4 Å². The van der Waals surface area contributed by atoms with E-state index in [-0.39, 0.29) is 23.4 Å². The summed E-state index contributed by atoms with van der Waals surface area (Å²) < 4.78 is 0. The van der Waals surface area contributed by atoms with Crippen LogP contribution in [0.3, 0.4) is 0 Å². The maximum atomic E-state index is 11.8. The molecule has 0 aromatic rings. The molecule has 2 amide bonds. The predicted octanol–water partition coefficient (Wildman–Crippen LogP) is 0.208. The highest BCUT2D eigenvalue weighted by Crippen LogP contribution is 2.19. The van der Waals surface area contributed by atoms with Crippen molar-refractivity contribution in [3.05, 3.63) is 0 Å². The molecule has 1 unspecified atom stereocenters. The van der Waals surface area contributed by atoms with Gasteiger partial charge in [-0.3, -0.25) is 24.7 Å². The summed E-state index contributed by atoms with van der Waals surface area (Å²) in [5.41, 5.74) is 0.191. The smallest absolute Gasteiger partial charge is 0.243 e. The third kappa shape index (κ3) is 2.90. The first kappa shape index (κ1) is 13.5. The Labute approximate surface area is 108 Å². The van der Waals surface area contributed by atoms with Crippen LogP contribution in [0, 0.1) is 0 Å². The number of hydrogen-bond acceptors (Lipinski definition) is 4. The van der Waals surface area contributed by atoms with Gasteiger partial charge in [-0.2, -0.15) is 0 Å². The Hall–Kier alpha value is -0.940. The highest BCUT2D eigenvalue weighted by atomic mass is 16.2. The average Bonchev–Trinajstić information content (AvgIpc) is 2.28. The van der Waals surface area contributed by atoms with Crippen molar-refractivity contribution >= 4 is 11.8 Å². The van der Waals surface area contributed by atoms with Crippen molar-refractivity contribution in [2.45, 2.75) is 45.2 Å². The first-order chi connectivity index (χ1) is 8.38. The highest BCUT2D eigenvalue weighted by molar-refractivity contribution is 6.00. The summed E-state index contributed by atoms with van der Waals surface area (Å²) in [6.07, 6.45) is 1.13. The van der Waals surface area contributed by atoms with Crippen molar-refractivity contribution in [1.29, 1.82) is 0 Å². The van der Waals surface area contributed by atoms with E-state index in [1.54, 1.807) is 0 Å². The Bertz CT molecular complexity index is 341. The molecule has 5 nitrogen and oxygen atoms in total. The van der Waals surface area contributed by atoms with Crippen LogP contribution in [0.25, 0.3) is 0 Å². The summed E-state index contributed by atoms with van der Waals surface area (Å²) >= 11 is 0. The van der Waals surface area contributed by atoms with Gasteiger partial charge in [0.25, 0.3) is 0 Å². The normalized spacial score (nSPS) is 28.3. The third-order valence-electron chi connectivity index (χ3n) is 3.91. The number of rotatable bonds is 1.